The van der Waals surface area contributed by atoms with Crippen molar-refractivity contribution in [3.05, 3.63) is 29.6 Å². The summed E-state index contributed by atoms with van der Waals surface area (Å²) in [5.41, 5.74) is 0.626. The predicted molar refractivity (Wildman–Crippen MR) is 54.5 cm³/mol. The summed E-state index contributed by atoms with van der Waals surface area (Å²) in [6, 6.07) is 3.43. The molecule has 0 saturated carbocycles. The first-order chi connectivity index (χ1) is 7.66. The smallest absolute Gasteiger partial charge is 0.256 e. The van der Waals surface area contributed by atoms with Crippen LogP contribution in [0, 0.1) is 5.82 Å². The third-order valence-electron chi connectivity index (χ3n) is 3.05. The second-order valence-electron chi connectivity index (χ2n) is 3.98. The van der Waals surface area contributed by atoms with Crippen LogP contribution in [0.1, 0.15) is 16.8 Å². The van der Waals surface area contributed by atoms with Gasteiger partial charge in [0.15, 0.2) is 0 Å². The Labute approximate surface area is 91.0 Å². The Morgan fingerprint density at radius 3 is 2.88 bits per heavy atom. The van der Waals surface area contributed by atoms with E-state index in [9.17, 15) is 14.0 Å². The van der Waals surface area contributed by atoms with Gasteiger partial charge in [-0.25, -0.2) is 4.39 Å². The van der Waals surface area contributed by atoms with E-state index in [1.54, 1.807) is 0 Å². The summed E-state index contributed by atoms with van der Waals surface area (Å²) in [5.74, 6) is -0.936. The molecule has 1 saturated heterocycles. The Bertz CT molecular complexity index is 501. The monoisotopic (exact) mass is 220 g/mol. The zero-order chi connectivity index (χ0) is 11.3. The summed E-state index contributed by atoms with van der Waals surface area (Å²) in [6.45, 7) is 0.562. The molecular formula is C11H9FN2O2. The maximum Gasteiger partial charge on any atom is 0.256 e. The van der Waals surface area contributed by atoms with Crippen molar-refractivity contribution in [1.82, 2.24) is 4.90 Å². The van der Waals surface area contributed by atoms with Gasteiger partial charge in [0.2, 0.25) is 5.91 Å². The van der Waals surface area contributed by atoms with Crippen molar-refractivity contribution in [2.24, 2.45) is 0 Å². The lowest BCUT2D eigenvalue weighted by Gasteiger charge is -2.37. The van der Waals surface area contributed by atoms with E-state index in [1.165, 1.54) is 23.1 Å². The third-order valence-corrected chi connectivity index (χ3v) is 3.05. The lowest BCUT2D eigenvalue weighted by molar-refractivity contribution is -0.123. The van der Waals surface area contributed by atoms with E-state index in [0.29, 0.717) is 18.7 Å². The number of hydrogen-bond acceptors (Lipinski definition) is 2. The van der Waals surface area contributed by atoms with Crippen LogP contribution in [0.5, 0.6) is 0 Å². The van der Waals surface area contributed by atoms with Crippen molar-refractivity contribution in [1.29, 1.82) is 0 Å². The number of benzene rings is 1. The van der Waals surface area contributed by atoms with Gasteiger partial charge in [0.05, 0.1) is 11.3 Å². The van der Waals surface area contributed by atoms with E-state index >= 15 is 0 Å². The van der Waals surface area contributed by atoms with Gasteiger partial charge in [-0.05, 0) is 24.6 Å². The number of amides is 2. The second-order valence-corrected chi connectivity index (χ2v) is 3.98. The number of hydrogen-bond donors (Lipinski definition) is 1. The molecule has 0 spiro atoms. The van der Waals surface area contributed by atoms with Gasteiger partial charge in [-0.1, -0.05) is 0 Å². The first-order valence-corrected chi connectivity index (χ1v) is 5.08. The molecule has 1 fully saturated rings. The van der Waals surface area contributed by atoms with E-state index in [2.05, 4.69) is 5.32 Å². The molecule has 16 heavy (non-hydrogen) atoms. The van der Waals surface area contributed by atoms with E-state index in [0.717, 1.165) is 0 Å². The van der Waals surface area contributed by atoms with Crippen LogP contribution in [0.4, 0.5) is 10.1 Å². The maximum atomic E-state index is 13.1. The van der Waals surface area contributed by atoms with Gasteiger partial charge in [-0.2, -0.15) is 0 Å². The lowest BCUT2D eigenvalue weighted by Crippen LogP contribution is -2.55. The minimum absolute atomic E-state index is 0.190. The van der Waals surface area contributed by atoms with E-state index < -0.39 is 5.82 Å². The van der Waals surface area contributed by atoms with Crippen molar-refractivity contribution in [2.75, 3.05) is 11.9 Å². The number of rotatable bonds is 0. The van der Waals surface area contributed by atoms with Gasteiger partial charge in [0.1, 0.15) is 11.9 Å². The van der Waals surface area contributed by atoms with E-state index in [4.69, 9.17) is 0 Å². The summed E-state index contributed by atoms with van der Waals surface area (Å²) < 4.78 is 13.1. The highest BCUT2D eigenvalue weighted by Crippen LogP contribution is 2.29. The fourth-order valence-electron chi connectivity index (χ4n) is 2.08. The molecule has 0 unspecified atom stereocenters. The van der Waals surface area contributed by atoms with Gasteiger partial charge >= 0.3 is 0 Å². The first kappa shape index (κ1) is 9.33. The molecule has 1 N–H and O–H groups in total. The van der Waals surface area contributed by atoms with Crippen LogP contribution in [0.3, 0.4) is 0 Å². The minimum atomic E-state index is -0.472. The van der Waals surface area contributed by atoms with Crippen LogP contribution < -0.4 is 5.32 Å². The Balaban J connectivity index is 2.13. The van der Waals surface area contributed by atoms with Crippen LogP contribution in [-0.4, -0.2) is 29.3 Å². The van der Waals surface area contributed by atoms with Gasteiger partial charge < -0.3 is 10.2 Å². The molecule has 0 aliphatic carbocycles. The fourth-order valence-corrected chi connectivity index (χ4v) is 2.08. The van der Waals surface area contributed by atoms with Gasteiger partial charge in [-0.15, -0.1) is 0 Å². The molecule has 3 rings (SSSR count). The highest BCUT2D eigenvalue weighted by atomic mass is 19.1. The number of halogens is 1. The van der Waals surface area contributed by atoms with Crippen LogP contribution in [0.25, 0.3) is 0 Å². The van der Waals surface area contributed by atoms with Gasteiger partial charge in [0.25, 0.3) is 5.91 Å². The Morgan fingerprint density at radius 2 is 2.19 bits per heavy atom. The molecular weight excluding hydrogens is 211 g/mol. The summed E-state index contributed by atoms with van der Waals surface area (Å²) >= 11 is 0. The van der Waals surface area contributed by atoms with Crippen molar-refractivity contribution >= 4 is 17.5 Å². The number of anilines is 1. The molecule has 2 aliphatic heterocycles. The molecule has 1 atom stereocenters. The highest BCUT2D eigenvalue weighted by Gasteiger charge is 2.41. The van der Waals surface area contributed by atoms with Gasteiger partial charge in [0, 0.05) is 6.54 Å². The number of nitrogens with zero attached hydrogens (tertiary/aromatic N) is 1. The van der Waals surface area contributed by atoms with Crippen molar-refractivity contribution in [2.45, 2.75) is 12.5 Å². The summed E-state index contributed by atoms with van der Waals surface area (Å²) in [4.78, 5) is 25.1. The molecule has 1 aromatic rings. The molecule has 1 aromatic carbocycles. The number of carbonyl (C=O) groups is 2. The largest absolute Gasteiger partial charge is 0.326 e. The quantitative estimate of drug-likeness (QED) is 0.708. The average molecular weight is 220 g/mol. The molecule has 0 radical (unpaired) electrons. The zero-order valence-corrected chi connectivity index (χ0v) is 8.37. The van der Waals surface area contributed by atoms with Crippen LogP contribution in [-0.2, 0) is 4.79 Å². The normalized spacial score (nSPS) is 22.8. The molecule has 82 valence electrons. The standard InChI is InChI=1S/C11H9FN2O2/c12-6-1-2-8-7(5-6)11(16)14-4-3-9(14)10(15)13-8/h1-2,5,9H,3-4H2,(H,13,15)/t9-/m0/s1. The third kappa shape index (κ3) is 1.14. The van der Waals surface area contributed by atoms with Crippen molar-refractivity contribution < 1.29 is 14.0 Å². The Kier molecular flexibility index (Phi) is 1.77. The second kappa shape index (κ2) is 3.04. The zero-order valence-electron chi connectivity index (χ0n) is 8.37. The summed E-state index contributed by atoms with van der Waals surface area (Å²) in [6.07, 6.45) is 0.675. The molecule has 0 bridgehead atoms. The summed E-state index contributed by atoms with van der Waals surface area (Å²) in [5, 5.41) is 2.64. The SMILES string of the molecule is O=C1Nc2ccc(F)cc2C(=O)N2CC[C@@H]12. The van der Waals surface area contributed by atoms with Crippen LogP contribution >= 0.6 is 0 Å². The van der Waals surface area contributed by atoms with E-state index in [1.807, 2.05) is 0 Å². The van der Waals surface area contributed by atoms with Crippen LogP contribution in [0.2, 0.25) is 0 Å². The predicted octanol–water partition coefficient (Wildman–Crippen LogP) is 0.992. The molecule has 2 amide bonds. The minimum Gasteiger partial charge on any atom is -0.326 e. The van der Waals surface area contributed by atoms with Gasteiger partial charge in [-0.3, -0.25) is 9.59 Å². The fraction of sp³-hybridized carbons (Fsp3) is 0.273. The van der Waals surface area contributed by atoms with E-state index in [-0.39, 0.29) is 23.4 Å². The van der Waals surface area contributed by atoms with Crippen LogP contribution in [0.15, 0.2) is 18.2 Å². The molecule has 0 aromatic heterocycles. The van der Waals surface area contributed by atoms with Crippen molar-refractivity contribution in [3.63, 3.8) is 0 Å². The average Bonchev–Trinajstić information content (AvgIpc) is 2.23. The molecule has 2 heterocycles. The molecule has 4 nitrogen and oxygen atoms in total. The number of nitrogens with one attached hydrogen (secondary N) is 1. The maximum absolute atomic E-state index is 13.1. The Morgan fingerprint density at radius 1 is 1.38 bits per heavy atom. The summed E-state index contributed by atoms with van der Waals surface area (Å²) in [7, 11) is 0. The highest BCUT2D eigenvalue weighted by molar-refractivity contribution is 6.10. The topological polar surface area (TPSA) is 49.4 Å². The van der Waals surface area contributed by atoms with Crippen molar-refractivity contribution in [3.8, 4) is 0 Å². The lowest BCUT2D eigenvalue weighted by atomic mass is 10.0. The first-order valence-electron chi connectivity index (χ1n) is 5.08. The number of carbonyl (C=O) groups excluding carboxylic acids is 2. The molecule has 2 aliphatic rings. The Hall–Kier alpha value is -1.91. The molecule has 5 heteroatoms. The number of fused-ring (bicyclic) bond motifs is 2.